The molecule has 0 N–H and O–H groups in total. The van der Waals surface area contributed by atoms with Gasteiger partial charge in [0.05, 0.1) is 11.4 Å². The lowest BCUT2D eigenvalue weighted by Crippen LogP contribution is -2.40. The van der Waals surface area contributed by atoms with Gasteiger partial charge in [-0.2, -0.15) is 14.6 Å². The maximum absolute atomic E-state index is 13.0. The molecule has 158 valence electrons. The molecule has 0 bridgehead atoms. The van der Waals surface area contributed by atoms with Gasteiger partial charge in [0.15, 0.2) is 5.69 Å². The third-order valence-electron chi connectivity index (χ3n) is 4.68. The van der Waals surface area contributed by atoms with E-state index in [1.807, 2.05) is 74.5 Å². The van der Waals surface area contributed by atoms with Crippen LogP contribution in [0.15, 0.2) is 69.9 Å². The largest absolute Gasteiger partial charge is 0.437 e. The van der Waals surface area contributed by atoms with Crippen molar-refractivity contribution >= 4 is 11.6 Å². The Kier molecular flexibility index (Phi) is 5.48. The van der Waals surface area contributed by atoms with Gasteiger partial charge in [-0.25, -0.2) is 4.79 Å². The van der Waals surface area contributed by atoms with Crippen molar-refractivity contribution in [3.63, 3.8) is 0 Å². The van der Waals surface area contributed by atoms with Gasteiger partial charge in [0, 0.05) is 11.7 Å². The molecule has 2 aromatic heterocycles. The molecule has 4 aromatic rings. The predicted octanol–water partition coefficient (Wildman–Crippen LogP) is 2.83. The van der Waals surface area contributed by atoms with Gasteiger partial charge in [0.25, 0.3) is 5.89 Å². The van der Waals surface area contributed by atoms with Gasteiger partial charge < -0.3 is 9.32 Å². The molecule has 0 spiro atoms. The van der Waals surface area contributed by atoms with Crippen molar-refractivity contribution in [1.82, 2.24) is 24.8 Å². The first-order chi connectivity index (χ1) is 14.9. The summed E-state index contributed by atoms with van der Waals surface area (Å²) in [5.41, 5.74) is 2.41. The summed E-state index contributed by atoms with van der Waals surface area (Å²) in [4.78, 5) is 28.4. The first kappa shape index (κ1) is 20.3. The molecule has 2 aromatic carbocycles. The monoisotopic (exact) mass is 418 g/mol. The Balaban J connectivity index is 1.61. The van der Waals surface area contributed by atoms with Gasteiger partial charge in [0.1, 0.15) is 6.54 Å². The van der Waals surface area contributed by atoms with E-state index in [9.17, 15) is 9.59 Å². The first-order valence-corrected chi connectivity index (χ1v) is 9.89. The molecule has 0 atom stereocenters. The maximum Gasteiger partial charge on any atom is 0.437 e. The number of para-hydroxylation sites is 2. The zero-order chi connectivity index (χ0) is 22.0. The van der Waals surface area contributed by atoms with E-state index >= 15 is 0 Å². The van der Waals surface area contributed by atoms with Crippen LogP contribution in [0.1, 0.15) is 19.5 Å². The molecular weight excluding hydrogens is 396 g/mol. The van der Waals surface area contributed by atoms with Crippen LogP contribution in [-0.4, -0.2) is 36.7 Å². The van der Waals surface area contributed by atoms with Crippen LogP contribution >= 0.6 is 0 Å². The molecule has 1 amide bonds. The molecule has 4 rings (SSSR count). The fourth-order valence-corrected chi connectivity index (χ4v) is 3.28. The third-order valence-corrected chi connectivity index (χ3v) is 4.68. The first-order valence-electron chi connectivity index (χ1n) is 9.89. The second-order valence-electron chi connectivity index (χ2n) is 7.28. The Hall–Kier alpha value is -4.01. The highest BCUT2D eigenvalue weighted by Gasteiger charge is 2.23. The summed E-state index contributed by atoms with van der Waals surface area (Å²) in [6.07, 6.45) is 0. The number of aromatic nitrogens is 5. The summed E-state index contributed by atoms with van der Waals surface area (Å²) in [5, 5.41) is 13.0. The van der Waals surface area contributed by atoms with E-state index in [4.69, 9.17) is 4.42 Å². The molecule has 31 heavy (non-hydrogen) atoms. The SMILES string of the molecule is Cc1nn(-c2ccccc2)nc1-c1nn(CC(=O)N(c2ccccc2)C(C)C)c(=O)o1. The minimum absolute atomic E-state index is 0.0216. The average molecular weight is 418 g/mol. The number of carbonyl (C=O) groups excluding carboxylic acids is 1. The summed E-state index contributed by atoms with van der Waals surface area (Å²) in [6, 6.07) is 18.6. The fourth-order valence-electron chi connectivity index (χ4n) is 3.28. The number of carbonyl (C=O) groups is 1. The summed E-state index contributed by atoms with van der Waals surface area (Å²) in [6.45, 7) is 5.32. The van der Waals surface area contributed by atoms with Gasteiger partial charge in [-0.05, 0) is 45.0 Å². The predicted molar refractivity (Wildman–Crippen MR) is 115 cm³/mol. The Bertz CT molecular complexity index is 1240. The zero-order valence-corrected chi connectivity index (χ0v) is 17.5. The number of rotatable bonds is 6. The molecule has 0 aliphatic rings. The number of aryl methyl sites for hydroxylation is 1. The Morgan fingerprint density at radius 1 is 1.00 bits per heavy atom. The van der Waals surface area contributed by atoms with E-state index in [1.54, 1.807) is 11.8 Å². The van der Waals surface area contributed by atoms with E-state index in [0.717, 1.165) is 16.1 Å². The van der Waals surface area contributed by atoms with Crippen LogP contribution in [0, 0.1) is 6.92 Å². The standard InChI is InChI=1S/C22H22N6O3/c1-15(2)27(17-10-6-4-7-11-17)19(29)14-26-22(30)31-21(25-26)20-16(3)23-28(24-20)18-12-8-5-9-13-18/h4-13,15H,14H2,1-3H3. The summed E-state index contributed by atoms with van der Waals surface area (Å²) < 4.78 is 6.30. The number of benzene rings is 2. The van der Waals surface area contributed by atoms with E-state index < -0.39 is 5.76 Å². The van der Waals surface area contributed by atoms with Gasteiger partial charge in [-0.3, -0.25) is 4.79 Å². The number of hydrogen-bond acceptors (Lipinski definition) is 6. The van der Waals surface area contributed by atoms with Crippen molar-refractivity contribution in [3.05, 3.63) is 76.9 Å². The van der Waals surface area contributed by atoms with Crippen LogP contribution in [0.5, 0.6) is 0 Å². The Morgan fingerprint density at radius 3 is 2.29 bits per heavy atom. The van der Waals surface area contributed by atoms with Crippen molar-refractivity contribution in [2.24, 2.45) is 0 Å². The number of anilines is 1. The van der Waals surface area contributed by atoms with E-state index in [-0.39, 0.29) is 24.4 Å². The third kappa shape index (κ3) is 4.16. The minimum atomic E-state index is -0.728. The van der Waals surface area contributed by atoms with Crippen molar-refractivity contribution in [2.45, 2.75) is 33.4 Å². The summed E-state index contributed by atoms with van der Waals surface area (Å²) >= 11 is 0. The van der Waals surface area contributed by atoms with Crippen molar-refractivity contribution < 1.29 is 9.21 Å². The smallest absolute Gasteiger partial charge is 0.386 e. The molecule has 9 nitrogen and oxygen atoms in total. The summed E-state index contributed by atoms with van der Waals surface area (Å²) in [5.74, 6) is -0.977. The van der Waals surface area contributed by atoms with Crippen molar-refractivity contribution in [2.75, 3.05) is 4.90 Å². The number of nitrogens with zero attached hydrogens (tertiary/aromatic N) is 6. The van der Waals surface area contributed by atoms with Crippen LogP contribution in [0.3, 0.4) is 0 Å². The maximum atomic E-state index is 13.0. The summed E-state index contributed by atoms with van der Waals surface area (Å²) in [7, 11) is 0. The van der Waals surface area contributed by atoms with Crippen molar-refractivity contribution in [3.8, 4) is 17.3 Å². The number of amides is 1. The second-order valence-corrected chi connectivity index (χ2v) is 7.28. The molecule has 0 unspecified atom stereocenters. The van der Waals surface area contributed by atoms with E-state index in [0.29, 0.717) is 11.4 Å². The van der Waals surface area contributed by atoms with Gasteiger partial charge in [-0.15, -0.1) is 10.2 Å². The Morgan fingerprint density at radius 2 is 1.65 bits per heavy atom. The highest BCUT2D eigenvalue weighted by Crippen LogP contribution is 2.19. The van der Waals surface area contributed by atoms with E-state index in [2.05, 4.69) is 15.3 Å². The highest BCUT2D eigenvalue weighted by atomic mass is 16.4. The number of hydrogen-bond donors (Lipinski definition) is 0. The van der Waals surface area contributed by atoms with Gasteiger partial charge >= 0.3 is 5.76 Å². The lowest BCUT2D eigenvalue weighted by molar-refractivity contribution is -0.119. The molecule has 0 aliphatic carbocycles. The topological polar surface area (TPSA) is 99.0 Å². The molecule has 0 saturated carbocycles. The average Bonchev–Trinajstić information content (AvgIpc) is 3.32. The van der Waals surface area contributed by atoms with Crippen LogP contribution in [0.4, 0.5) is 5.69 Å². The minimum Gasteiger partial charge on any atom is -0.386 e. The quantitative estimate of drug-likeness (QED) is 0.477. The lowest BCUT2D eigenvalue weighted by atomic mass is 10.2. The molecule has 0 radical (unpaired) electrons. The highest BCUT2D eigenvalue weighted by molar-refractivity contribution is 5.93. The van der Waals surface area contributed by atoms with Crippen LogP contribution in [0.25, 0.3) is 17.3 Å². The molecule has 0 fully saturated rings. The van der Waals surface area contributed by atoms with E-state index in [1.165, 1.54) is 4.80 Å². The van der Waals surface area contributed by atoms with Crippen LogP contribution in [0.2, 0.25) is 0 Å². The molecular formula is C22H22N6O3. The fraction of sp³-hybridized carbons (Fsp3) is 0.227. The lowest BCUT2D eigenvalue weighted by Gasteiger charge is -2.26. The normalized spacial score (nSPS) is 11.1. The van der Waals surface area contributed by atoms with Gasteiger partial charge in [0.2, 0.25) is 5.91 Å². The molecule has 0 saturated heterocycles. The zero-order valence-electron chi connectivity index (χ0n) is 17.5. The molecule has 2 heterocycles. The van der Waals surface area contributed by atoms with Crippen LogP contribution < -0.4 is 10.7 Å². The van der Waals surface area contributed by atoms with Crippen molar-refractivity contribution in [1.29, 1.82) is 0 Å². The van der Waals surface area contributed by atoms with Gasteiger partial charge in [-0.1, -0.05) is 36.4 Å². The Labute approximate surface area is 178 Å². The molecule has 0 aliphatic heterocycles. The molecule has 9 heteroatoms. The van der Waals surface area contributed by atoms with Crippen LogP contribution in [-0.2, 0) is 11.3 Å². The second kappa shape index (κ2) is 8.39.